The standard InChI is InChI=1S/C6H11N5/c1-11-6(4-9-10-11)5(8)2-3-7/h2-5H,7-8H2,1H3/b3-2+. The van der Waals surface area contributed by atoms with Gasteiger partial charge in [-0.1, -0.05) is 5.21 Å². The number of aryl methyl sites for hydroxylation is 1. The summed E-state index contributed by atoms with van der Waals surface area (Å²) >= 11 is 0. The highest BCUT2D eigenvalue weighted by atomic mass is 15.4. The van der Waals surface area contributed by atoms with Gasteiger partial charge in [-0.15, -0.1) is 5.10 Å². The number of nitrogens with two attached hydrogens (primary N) is 2. The highest BCUT2D eigenvalue weighted by Crippen LogP contribution is 2.06. The first-order chi connectivity index (χ1) is 5.25. The van der Waals surface area contributed by atoms with Gasteiger partial charge in [-0.05, 0) is 12.3 Å². The molecule has 0 aliphatic carbocycles. The first-order valence-electron chi connectivity index (χ1n) is 3.24. The Balaban J connectivity index is 2.83. The van der Waals surface area contributed by atoms with Gasteiger partial charge in [-0.3, -0.25) is 4.68 Å². The molecule has 0 aliphatic heterocycles. The number of nitrogens with zero attached hydrogens (tertiary/aromatic N) is 3. The van der Waals surface area contributed by atoms with E-state index in [1.807, 2.05) is 0 Å². The lowest BCUT2D eigenvalue weighted by atomic mass is 10.2. The molecule has 0 spiro atoms. The first kappa shape index (κ1) is 7.74. The van der Waals surface area contributed by atoms with E-state index in [0.29, 0.717) is 0 Å². The third-order valence-corrected chi connectivity index (χ3v) is 1.41. The fraction of sp³-hybridized carbons (Fsp3) is 0.333. The van der Waals surface area contributed by atoms with Crippen LogP contribution >= 0.6 is 0 Å². The van der Waals surface area contributed by atoms with Crippen LogP contribution in [-0.2, 0) is 7.05 Å². The molecule has 0 saturated carbocycles. The van der Waals surface area contributed by atoms with Gasteiger partial charge in [-0.25, -0.2) is 0 Å². The Kier molecular flexibility index (Phi) is 2.22. The van der Waals surface area contributed by atoms with Crippen molar-refractivity contribution in [2.75, 3.05) is 0 Å². The lowest BCUT2D eigenvalue weighted by Gasteiger charge is -2.03. The third-order valence-electron chi connectivity index (χ3n) is 1.41. The molecule has 5 heteroatoms. The zero-order valence-electron chi connectivity index (χ0n) is 6.31. The van der Waals surface area contributed by atoms with E-state index in [1.54, 1.807) is 24.0 Å². The highest BCUT2D eigenvalue weighted by molar-refractivity contribution is 5.08. The Hall–Kier alpha value is -1.36. The van der Waals surface area contributed by atoms with Gasteiger partial charge in [0.15, 0.2) is 0 Å². The highest BCUT2D eigenvalue weighted by Gasteiger charge is 2.05. The van der Waals surface area contributed by atoms with Crippen LogP contribution < -0.4 is 11.5 Å². The molecule has 0 aliphatic rings. The van der Waals surface area contributed by atoms with Crippen LogP contribution in [0, 0.1) is 0 Å². The Labute approximate surface area is 64.7 Å². The summed E-state index contributed by atoms with van der Waals surface area (Å²) in [6, 6.07) is -0.222. The zero-order valence-corrected chi connectivity index (χ0v) is 6.31. The average molecular weight is 153 g/mol. The maximum Gasteiger partial charge on any atom is 0.0790 e. The lowest BCUT2D eigenvalue weighted by molar-refractivity contribution is 0.657. The van der Waals surface area contributed by atoms with Crippen LogP contribution in [0.1, 0.15) is 11.7 Å². The molecule has 1 rings (SSSR count). The molecular weight excluding hydrogens is 142 g/mol. The summed E-state index contributed by atoms with van der Waals surface area (Å²) in [5, 5.41) is 7.42. The molecular formula is C6H11N5. The minimum atomic E-state index is -0.222. The number of rotatable bonds is 2. The molecule has 0 amide bonds. The van der Waals surface area contributed by atoms with E-state index in [1.165, 1.54) is 6.20 Å². The van der Waals surface area contributed by atoms with E-state index in [9.17, 15) is 0 Å². The molecule has 1 heterocycles. The van der Waals surface area contributed by atoms with Gasteiger partial charge in [-0.2, -0.15) is 0 Å². The SMILES string of the molecule is Cn1nncc1C(N)/C=C/N. The van der Waals surface area contributed by atoms with Crippen LogP contribution in [0.3, 0.4) is 0 Å². The van der Waals surface area contributed by atoms with E-state index in [-0.39, 0.29) is 6.04 Å². The van der Waals surface area contributed by atoms with Crippen molar-refractivity contribution in [3.05, 3.63) is 24.2 Å². The molecule has 0 aromatic carbocycles. The van der Waals surface area contributed by atoms with Crippen LogP contribution in [0.4, 0.5) is 0 Å². The van der Waals surface area contributed by atoms with Gasteiger partial charge < -0.3 is 11.5 Å². The molecule has 1 unspecified atom stereocenters. The summed E-state index contributed by atoms with van der Waals surface area (Å²) in [6.45, 7) is 0. The predicted octanol–water partition coefficient (Wildman–Crippen LogP) is -0.713. The Morgan fingerprint density at radius 1 is 1.73 bits per heavy atom. The van der Waals surface area contributed by atoms with E-state index in [0.717, 1.165) is 5.69 Å². The summed E-state index contributed by atoms with van der Waals surface area (Å²) in [4.78, 5) is 0. The Bertz CT molecular complexity index is 251. The van der Waals surface area contributed by atoms with E-state index in [2.05, 4.69) is 10.3 Å². The van der Waals surface area contributed by atoms with Gasteiger partial charge in [0.1, 0.15) is 0 Å². The van der Waals surface area contributed by atoms with Gasteiger partial charge in [0.25, 0.3) is 0 Å². The van der Waals surface area contributed by atoms with Gasteiger partial charge in [0, 0.05) is 7.05 Å². The zero-order chi connectivity index (χ0) is 8.27. The average Bonchev–Trinajstić information content (AvgIpc) is 2.36. The molecule has 0 radical (unpaired) electrons. The second kappa shape index (κ2) is 3.16. The van der Waals surface area contributed by atoms with Crippen molar-refractivity contribution in [3.8, 4) is 0 Å². The smallest absolute Gasteiger partial charge is 0.0790 e. The number of hydrogen-bond acceptors (Lipinski definition) is 4. The van der Waals surface area contributed by atoms with Gasteiger partial charge in [0.2, 0.25) is 0 Å². The van der Waals surface area contributed by atoms with Crippen molar-refractivity contribution in [3.63, 3.8) is 0 Å². The van der Waals surface area contributed by atoms with Crippen LogP contribution in [0.15, 0.2) is 18.5 Å². The normalized spacial score (nSPS) is 14.0. The quantitative estimate of drug-likeness (QED) is 0.587. The maximum atomic E-state index is 5.68. The van der Waals surface area contributed by atoms with Crippen molar-refractivity contribution >= 4 is 0 Å². The molecule has 11 heavy (non-hydrogen) atoms. The van der Waals surface area contributed by atoms with Gasteiger partial charge >= 0.3 is 0 Å². The van der Waals surface area contributed by atoms with Crippen molar-refractivity contribution in [2.24, 2.45) is 18.5 Å². The molecule has 60 valence electrons. The molecule has 0 bridgehead atoms. The summed E-state index contributed by atoms with van der Waals surface area (Å²) in [7, 11) is 1.78. The number of hydrogen-bond donors (Lipinski definition) is 2. The molecule has 5 nitrogen and oxygen atoms in total. The largest absolute Gasteiger partial charge is 0.405 e. The molecule has 0 fully saturated rings. The fourth-order valence-electron chi connectivity index (χ4n) is 0.818. The Morgan fingerprint density at radius 3 is 2.91 bits per heavy atom. The van der Waals surface area contributed by atoms with E-state index in [4.69, 9.17) is 11.5 Å². The van der Waals surface area contributed by atoms with Crippen LogP contribution in [0.2, 0.25) is 0 Å². The van der Waals surface area contributed by atoms with Crippen molar-refractivity contribution in [2.45, 2.75) is 6.04 Å². The predicted molar refractivity (Wildman–Crippen MR) is 41.3 cm³/mol. The molecule has 1 atom stereocenters. The maximum absolute atomic E-state index is 5.68. The van der Waals surface area contributed by atoms with Crippen LogP contribution in [0.5, 0.6) is 0 Å². The van der Waals surface area contributed by atoms with Crippen molar-refractivity contribution in [1.29, 1.82) is 0 Å². The van der Waals surface area contributed by atoms with Crippen LogP contribution in [-0.4, -0.2) is 15.0 Å². The molecule has 4 N–H and O–H groups in total. The van der Waals surface area contributed by atoms with Crippen LogP contribution in [0.25, 0.3) is 0 Å². The summed E-state index contributed by atoms with van der Waals surface area (Å²) < 4.78 is 1.62. The Morgan fingerprint density at radius 2 is 2.45 bits per heavy atom. The minimum absolute atomic E-state index is 0.222. The third kappa shape index (κ3) is 1.56. The minimum Gasteiger partial charge on any atom is -0.405 e. The topological polar surface area (TPSA) is 82.8 Å². The number of aromatic nitrogens is 3. The van der Waals surface area contributed by atoms with Crippen molar-refractivity contribution < 1.29 is 0 Å². The first-order valence-corrected chi connectivity index (χ1v) is 3.24. The van der Waals surface area contributed by atoms with Crippen molar-refractivity contribution in [1.82, 2.24) is 15.0 Å². The fourth-order valence-corrected chi connectivity index (χ4v) is 0.818. The summed E-state index contributed by atoms with van der Waals surface area (Å²) in [6.07, 6.45) is 4.71. The molecule has 1 aromatic heterocycles. The summed E-state index contributed by atoms with van der Waals surface area (Å²) in [5.41, 5.74) is 11.7. The second-order valence-electron chi connectivity index (χ2n) is 2.19. The second-order valence-corrected chi connectivity index (χ2v) is 2.19. The molecule has 0 saturated heterocycles. The summed E-state index contributed by atoms with van der Waals surface area (Å²) in [5.74, 6) is 0. The van der Waals surface area contributed by atoms with Gasteiger partial charge in [0.05, 0.1) is 17.9 Å². The monoisotopic (exact) mass is 153 g/mol. The molecule has 1 aromatic rings. The van der Waals surface area contributed by atoms with E-state index < -0.39 is 0 Å². The lowest BCUT2D eigenvalue weighted by Crippen LogP contribution is -2.12. The van der Waals surface area contributed by atoms with E-state index >= 15 is 0 Å².